The predicted molar refractivity (Wildman–Crippen MR) is 90.9 cm³/mol. The summed E-state index contributed by atoms with van der Waals surface area (Å²) < 4.78 is 0. The van der Waals surface area contributed by atoms with Crippen LogP contribution < -0.4 is 10.2 Å². The summed E-state index contributed by atoms with van der Waals surface area (Å²) in [6, 6.07) is 5.41. The summed E-state index contributed by atoms with van der Waals surface area (Å²) in [5.41, 5.74) is 2.51. The molecule has 0 fully saturated rings. The summed E-state index contributed by atoms with van der Waals surface area (Å²) in [5.74, 6) is 0. The number of H-pyrrole nitrogens is 1. The number of carbonyl (C=O) groups excluding carboxylic acids is 1. The van der Waals surface area contributed by atoms with Crippen molar-refractivity contribution in [3.8, 4) is 0 Å². The fraction of sp³-hybridized carbons (Fsp3) is 0.333. The molecule has 118 valence electrons. The summed E-state index contributed by atoms with van der Waals surface area (Å²) in [5, 5.41) is 11.9. The van der Waals surface area contributed by atoms with Gasteiger partial charge in [0.05, 0.1) is 29.3 Å². The lowest BCUT2D eigenvalue weighted by atomic mass is 10.2. The highest BCUT2D eigenvalue weighted by Gasteiger charge is 2.15. The van der Waals surface area contributed by atoms with Crippen molar-refractivity contribution in [2.45, 2.75) is 19.2 Å². The average molecular weight is 320 g/mol. The van der Waals surface area contributed by atoms with Gasteiger partial charge in [0.2, 0.25) is 0 Å². The van der Waals surface area contributed by atoms with Crippen LogP contribution >= 0.6 is 11.8 Å². The zero-order chi connectivity index (χ0) is 16.1. The molecule has 6 nitrogen and oxygen atoms in total. The standard InChI is InChI=1S/C15H20N4O2S/c1-4-12(8-20)22-10(2)18-15(21)19(3)11-5-6-13-14(7-11)17-9-16-13/h4-7,9-10,20H,8H2,1-3H3,(H,16,17)(H,18,21)/b12-4-. The summed E-state index contributed by atoms with van der Waals surface area (Å²) >= 11 is 1.42. The molecule has 22 heavy (non-hydrogen) atoms. The number of aliphatic hydroxyl groups excluding tert-OH is 1. The number of rotatable bonds is 5. The number of hydrogen-bond acceptors (Lipinski definition) is 4. The van der Waals surface area contributed by atoms with E-state index in [9.17, 15) is 4.79 Å². The molecule has 1 aromatic carbocycles. The van der Waals surface area contributed by atoms with E-state index in [4.69, 9.17) is 5.11 Å². The van der Waals surface area contributed by atoms with Crippen LogP contribution in [-0.2, 0) is 0 Å². The Bertz CT molecular complexity index is 683. The molecule has 0 bridgehead atoms. The van der Waals surface area contributed by atoms with Gasteiger partial charge in [0.15, 0.2) is 0 Å². The average Bonchev–Trinajstić information content (AvgIpc) is 2.99. The zero-order valence-corrected chi connectivity index (χ0v) is 13.6. The number of fused-ring (bicyclic) bond motifs is 1. The van der Waals surface area contributed by atoms with E-state index in [0.29, 0.717) is 0 Å². The van der Waals surface area contributed by atoms with E-state index in [0.717, 1.165) is 21.6 Å². The fourth-order valence-corrected chi connectivity index (χ4v) is 2.79. The Morgan fingerprint density at radius 1 is 1.59 bits per heavy atom. The number of allylic oxidation sites excluding steroid dienone is 1. The van der Waals surface area contributed by atoms with E-state index in [2.05, 4.69) is 15.3 Å². The lowest BCUT2D eigenvalue weighted by Crippen LogP contribution is -2.40. The molecule has 0 aliphatic rings. The van der Waals surface area contributed by atoms with Crippen LogP contribution in [0.5, 0.6) is 0 Å². The molecule has 1 unspecified atom stereocenters. The minimum absolute atomic E-state index is 0.0208. The normalized spacial score (nSPS) is 13.2. The van der Waals surface area contributed by atoms with Crippen LogP contribution in [0.15, 0.2) is 35.5 Å². The van der Waals surface area contributed by atoms with Gasteiger partial charge in [-0.3, -0.25) is 4.90 Å². The number of nitrogens with one attached hydrogen (secondary N) is 2. The number of carbonyl (C=O) groups is 1. The van der Waals surface area contributed by atoms with E-state index in [1.165, 1.54) is 11.8 Å². The van der Waals surface area contributed by atoms with Crippen LogP contribution in [0.2, 0.25) is 0 Å². The van der Waals surface area contributed by atoms with Gasteiger partial charge in [-0.05, 0) is 32.0 Å². The van der Waals surface area contributed by atoms with Crippen molar-refractivity contribution >= 4 is 34.5 Å². The summed E-state index contributed by atoms with van der Waals surface area (Å²) in [6.07, 6.45) is 3.46. The van der Waals surface area contributed by atoms with Crippen LogP contribution in [-0.4, -0.2) is 40.1 Å². The maximum atomic E-state index is 12.3. The smallest absolute Gasteiger partial charge is 0.322 e. The van der Waals surface area contributed by atoms with Gasteiger partial charge in [-0.1, -0.05) is 6.08 Å². The Morgan fingerprint density at radius 3 is 3.05 bits per heavy atom. The van der Waals surface area contributed by atoms with Crippen molar-refractivity contribution < 1.29 is 9.90 Å². The first-order valence-electron chi connectivity index (χ1n) is 6.95. The van der Waals surface area contributed by atoms with E-state index >= 15 is 0 Å². The number of amides is 2. The van der Waals surface area contributed by atoms with Crippen molar-refractivity contribution in [2.24, 2.45) is 0 Å². The maximum Gasteiger partial charge on any atom is 0.322 e. The molecule has 1 heterocycles. The molecule has 2 amide bonds. The number of aromatic nitrogens is 2. The van der Waals surface area contributed by atoms with Crippen LogP contribution in [0, 0.1) is 0 Å². The molecule has 1 atom stereocenters. The zero-order valence-electron chi connectivity index (χ0n) is 12.8. The van der Waals surface area contributed by atoms with Gasteiger partial charge in [-0.2, -0.15) is 0 Å². The molecular weight excluding hydrogens is 300 g/mol. The number of imidazole rings is 1. The van der Waals surface area contributed by atoms with Crippen LogP contribution in [0.25, 0.3) is 11.0 Å². The summed E-state index contributed by atoms with van der Waals surface area (Å²) in [4.78, 5) is 21.9. The Labute approximate surface area is 133 Å². The molecule has 0 aliphatic heterocycles. The van der Waals surface area contributed by atoms with Gasteiger partial charge in [0.1, 0.15) is 0 Å². The van der Waals surface area contributed by atoms with Crippen molar-refractivity contribution in [3.05, 3.63) is 35.5 Å². The second-order valence-electron chi connectivity index (χ2n) is 4.79. The second-order valence-corrected chi connectivity index (χ2v) is 6.25. The maximum absolute atomic E-state index is 12.3. The molecule has 0 saturated heterocycles. The van der Waals surface area contributed by atoms with Gasteiger partial charge in [0, 0.05) is 17.6 Å². The van der Waals surface area contributed by atoms with Crippen molar-refractivity contribution in [1.82, 2.24) is 15.3 Å². The molecule has 0 saturated carbocycles. The quantitative estimate of drug-likeness (QED) is 0.740. The highest BCUT2D eigenvalue weighted by atomic mass is 32.2. The van der Waals surface area contributed by atoms with Gasteiger partial charge < -0.3 is 15.4 Å². The number of aromatic amines is 1. The van der Waals surface area contributed by atoms with Gasteiger partial charge in [-0.25, -0.2) is 9.78 Å². The van der Waals surface area contributed by atoms with Gasteiger partial charge in [-0.15, -0.1) is 11.8 Å². The van der Waals surface area contributed by atoms with Gasteiger partial charge in [0.25, 0.3) is 0 Å². The first kappa shape index (κ1) is 16.4. The van der Waals surface area contributed by atoms with Crippen LogP contribution in [0.3, 0.4) is 0 Å². The Kier molecular flexibility index (Phi) is 5.46. The lowest BCUT2D eigenvalue weighted by Gasteiger charge is -2.21. The van der Waals surface area contributed by atoms with Crippen molar-refractivity contribution in [2.75, 3.05) is 18.6 Å². The molecule has 7 heteroatoms. The third-order valence-electron chi connectivity index (χ3n) is 3.23. The predicted octanol–water partition coefficient (Wildman–Crippen LogP) is 2.68. The molecule has 2 rings (SSSR count). The Hall–Kier alpha value is -1.99. The van der Waals surface area contributed by atoms with Crippen LogP contribution in [0.4, 0.5) is 10.5 Å². The third kappa shape index (κ3) is 3.80. The second kappa shape index (κ2) is 7.33. The molecule has 2 aromatic rings. The van der Waals surface area contributed by atoms with E-state index in [1.807, 2.05) is 38.1 Å². The molecule has 0 spiro atoms. The summed E-state index contributed by atoms with van der Waals surface area (Å²) in [7, 11) is 1.71. The number of anilines is 1. The number of aliphatic hydroxyl groups is 1. The number of benzene rings is 1. The number of thioether (sulfide) groups is 1. The SMILES string of the molecule is C/C=C(/CO)SC(C)NC(=O)N(C)c1ccc2[nH]cnc2c1. The van der Waals surface area contributed by atoms with Crippen LogP contribution in [0.1, 0.15) is 13.8 Å². The lowest BCUT2D eigenvalue weighted by molar-refractivity contribution is 0.247. The van der Waals surface area contributed by atoms with Crippen molar-refractivity contribution in [3.63, 3.8) is 0 Å². The largest absolute Gasteiger partial charge is 0.391 e. The molecule has 0 aliphatic carbocycles. The molecular formula is C15H20N4O2S. The number of hydrogen-bond donors (Lipinski definition) is 3. The third-order valence-corrected chi connectivity index (χ3v) is 4.37. The first-order chi connectivity index (χ1) is 10.5. The Morgan fingerprint density at radius 2 is 2.36 bits per heavy atom. The monoisotopic (exact) mass is 320 g/mol. The Balaban J connectivity index is 2.02. The highest BCUT2D eigenvalue weighted by molar-refractivity contribution is 8.03. The molecule has 0 radical (unpaired) electrons. The molecule has 3 N–H and O–H groups in total. The summed E-state index contributed by atoms with van der Waals surface area (Å²) in [6.45, 7) is 3.72. The van der Waals surface area contributed by atoms with Gasteiger partial charge >= 0.3 is 6.03 Å². The minimum atomic E-state index is -0.205. The highest BCUT2D eigenvalue weighted by Crippen LogP contribution is 2.21. The fourth-order valence-electron chi connectivity index (χ4n) is 1.97. The first-order valence-corrected chi connectivity index (χ1v) is 7.83. The number of urea groups is 1. The minimum Gasteiger partial charge on any atom is -0.391 e. The van der Waals surface area contributed by atoms with Crippen molar-refractivity contribution in [1.29, 1.82) is 0 Å². The van der Waals surface area contributed by atoms with E-state index in [-0.39, 0.29) is 18.0 Å². The van der Waals surface area contributed by atoms with E-state index in [1.54, 1.807) is 18.3 Å². The van der Waals surface area contributed by atoms with E-state index < -0.39 is 0 Å². The molecule has 1 aromatic heterocycles. The number of nitrogens with zero attached hydrogens (tertiary/aromatic N) is 2. The topological polar surface area (TPSA) is 81.2 Å².